The molecule has 0 bridgehead atoms. The van der Waals surface area contributed by atoms with Crippen LogP contribution in [0.2, 0.25) is 0 Å². The Morgan fingerprint density at radius 3 is 2.94 bits per heavy atom. The number of benzene rings is 1. The standard InChI is InChI=1S/C12H13N3S/c1-7-3-8(2)11-10(4-7)16-12-14-9(5-13)6-15(11)12/h3-4,6H,5,13H2,1-2H3. The maximum atomic E-state index is 5.61. The third-order valence-corrected chi connectivity index (χ3v) is 3.79. The van der Waals surface area contributed by atoms with E-state index in [0.717, 1.165) is 10.7 Å². The van der Waals surface area contributed by atoms with Gasteiger partial charge in [0.15, 0.2) is 4.96 Å². The zero-order chi connectivity index (χ0) is 11.3. The molecule has 0 saturated heterocycles. The van der Waals surface area contributed by atoms with Crippen molar-refractivity contribution in [2.24, 2.45) is 5.73 Å². The van der Waals surface area contributed by atoms with Crippen molar-refractivity contribution in [3.8, 4) is 0 Å². The second-order valence-corrected chi connectivity index (χ2v) is 5.13. The van der Waals surface area contributed by atoms with Gasteiger partial charge in [0, 0.05) is 12.7 Å². The lowest BCUT2D eigenvalue weighted by Gasteiger charge is -1.99. The molecular weight excluding hydrogens is 218 g/mol. The van der Waals surface area contributed by atoms with E-state index in [1.54, 1.807) is 11.3 Å². The number of fused-ring (bicyclic) bond motifs is 3. The molecule has 16 heavy (non-hydrogen) atoms. The minimum Gasteiger partial charge on any atom is -0.325 e. The van der Waals surface area contributed by atoms with E-state index in [1.807, 2.05) is 6.20 Å². The summed E-state index contributed by atoms with van der Waals surface area (Å²) in [6, 6.07) is 4.42. The maximum absolute atomic E-state index is 5.61. The first-order chi connectivity index (χ1) is 7.69. The van der Waals surface area contributed by atoms with Gasteiger partial charge in [-0.1, -0.05) is 17.4 Å². The van der Waals surface area contributed by atoms with Crippen molar-refractivity contribution in [3.63, 3.8) is 0 Å². The van der Waals surface area contributed by atoms with E-state index in [9.17, 15) is 0 Å². The van der Waals surface area contributed by atoms with E-state index in [2.05, 4.69) is 35.4 Å². The quantitative estimate of drug-likeness (QED) is 0.699. The first-order valence-electron chi connectivity index (χ1n) is 5.27. The lowest BCUT2D eigenvalue weighted by molar-refractivity contribution is 1.02. The lowest BCUT2D eigenvalue weighted by Crippen LogP contribution is -1.95. The smallest absolute Gasteiger partial charge is 0.194 e. The number of hydrogen-bond acceptors (Lipinski definition) is 3. The normalized spacial score (nSPS) is 11.7. The Labute approximate surface area is 97.5 Å². The summed E-state index contributed by atoms with van der Waals surface area (Å²) in [5.41, 5.74) is 10.4. The molecule has 0 unspecified atom stereocenters. The second kappa shape index (κ2) is 3.30. The Bertz CT molecular complexity index is 678. The fraction of sp³-hybridized carbons (Fsp3) is 0.250. The van der Waals surface area contributed by atoms with E-state index in [1.165, 1.54) is 21.3 Å². The molecule has 4 heteroatoms. The summed E-state index contributed by atoms with van der Waals surface area (Å²) in [5.74, 6) is 0. The molecule has 0 spiro atoms. The van der Waals surface area contributed by atoms with Crippen LogP contribution in [0.15, 0.2) is 18.3 Å². The number of hydrogen-bond donors (Lipinski definition) is 1. The summed E-state index contributed by atoms with van der Waals surface area (Å²) in [6.45, 7) is 4.77. The zero-order valence-electron chi connectivity index (χ0n) is 9.32. The molecule has 0 aliphatic carbocycles. The largest absolute Gasteiger partial charge is 0.325 e. The van der Waals surface area contributed by atoms with Crippen molar-refractivity contribution in [3.05, 3.63) is 35.2 Å². The van der Waals surface area contributed by atoms with Gasteiger partial charge in [-0.25, -0.2) is 4.98 Å². The Hall–Kier alpha value is -1.39. The minimum atomic E-state index is 0.501. The van der Waals surface area contributed by atoms with Gasteiger partial charge < -0.3 is 5.73 Å². The molecule has 0 saturated carbocycles. The Morgan fingerprint density at radius 1 is 1.38 bits per heavy atom. The molecule has 0 amide bonds. The predicted molar refractivity (Wildman–Crippen MR) is 67.9 cm³/mol. The van der Waals surface area contributed by atoms with E-state index in [-0.39, 0.29) is 0 Å². The number of imidazole rings is 1. The third-order valence-electron chi connectivity index (χ3n) is 2.78. The fourth-order valence-electron chi connectivity index (χ4n) is 2.15. The lowest BCUT2D eigenvalue weighted by atomic mass is 10.1. The molecule has 3 aromatic rings. The topological polar surface area (TPSA) is 43.3 Å². The average Bonchev–Trinajstić information content (AvgIpc) is 2.72. The highest BCUT2D eigenvalue weighted by Crippen LogP contribution is 2.29. The first kappa shape index (κ1) is 9.81. The van der Waals surface area contributed by atoms with Crippen molar-refractivity contribution in [2.45, 2.75) is 20.4 Å². The van der Waals surface area contributed by atoms with Gasteiger partial charge in [-0.15, -0.1) is 0 Å². The molecule has 0 aliphatic rings. The molecule has 0 fully saturated rings. The molecule has 3 nitrogen and oxygen atoms in total. The number of aryl methyl sites for hydroxylation is 2. The molecule has 2 aromatic heterocycles. The summed E-state index contributed by atoms with van der Waals surface area (Å²) < 4.78 is 3.44. The highest BCUT2D eigenvalue weighted by molar-refractivity contribution is 7.23. The molecule has 1 aromatic carbocycles. The van der Waals surface area contributed by atoms with Crippen molar-refractivity contribution >= 4 is 26.5 Å². The number of aromatic nitrogens is 2. The highest BCUT2D eigenvalue weighted by atomic mass is 32.1. The Morgan fingerprint density at radius 2 is 2.19 bits per heavy atom. The molecule has 3 rings (SSSR count). The zero-order valence-corrected chi connectivity index (χ0v) is 10.1. The van der Waals surface area contributed by atoms with Crippen LogP contribution < -0.4 is 5.73 Å². The van der Waals surface area contributed by atoms with Crippen LogP contribution in [0, 0.1) is 13.8 Å². The van der Waals surface area contributed by atoms with Crippen LogP contribution in [0.25, 0.3) is 15.2 Å². The molecule has 82 valence electrons. The van der Waals surface area contributed by atoms with Crippen LogP contribution in [0.4, 0.5) is 0 Å². The van der Waals surface area contributed by atoms with E-state index >= 15 is 0 Å². The Balaban J connectivity index is 2.46. The Kier molecular flexibility index (Phi) is 2.02. The van der Waals surface area contributed by atoms with Crippen LogP contribution in [0.3, 0.4) is 0 Å². The monoisotopic (exact) mass is 231 g/mol. The first-order valence-corrected chi connectivity index (χ1v) is 6.08. The van der Waals surface area contributed by atoms with Gasteiger partial charge in [-0.05, 0) is 31.0 Å². The summed E-state index contributed by atoms with van der Waals surface area (Å²) in [5, 5.41) is 0. The van der Waals surface area contributed by atoms with Crippen LogP contribution >= 0.6 is 11.3 Å². The van der Waals surface area contributed by atoms with Gasteiger partial charge in [-0.2, -0.15) is 0 Å². The van der Waals surface area contributed by atoms with Gasteiger partial charge in [-0.3, -0.25) is 4.40 Å². The molecule has 0 atom stereocenters. The predicted octanol–water partition coefficient (Wildman–Crippen LogP) is 2.62. The van der Waals surface area contributed by atoms with Crippen molar-refractivity contribution in [1.29, 1.82) is 0 Å². The number of thiazole rings is 1. The van der Waals surface area contributed by atoms with Crippen molar-refractivity contribution < 1.29 is 0 Å². The van der Waals surface area contributed by atoms with Gasteiger partial charge in [0.1, 0.15) is 0 Å². The van der Waals surface area contributed by atoms with Crippen molar-refractivity contribution in [1.82, 2.24) is 9.38 Å². The van der Waals surface area contributed by atoms with Crippen LogP contribution in [-0.4, -0.2) is 9.38 Å². The highest BCUT2D eigenvalue weighted by Gasteiger charge is 2.10. The third kappa shape index (κ3) is 1.27. The van der Waals surface area contributed by atoms with E-state index < -0.39 is 0 Å². The molecule has 0 radical (unpaired) electrons. The molecule has 0 aliphatic heterocycles. The maximum Gasteiger partial charge on any atom is 0.194 e. The van der Waals surface area contributed by atoms with Crippen LogP contribution in [-0.2, 0) is 6.54 Å². The number of nitrogens with two attached hydrogens (primary N) is 1. The van der Waals surface area contributed by atoms with Gasteiger partial charge in [0.25, 0.3) is 0 Å². The van der Waals surface area contributed by atoms with Crippen LogP contribution in [0.1, 0.15) is 16.8 Å². The second-order valence-electron chi connectivity index (χ2n) is 4.12. The molecule has 2 N–H and O–H groups in total. The van der Waals surface area contributed by atoms with Gasteiger partial charge in [0.05, 0.1) is 15.9 Å². The summed E-state index contributed by atoms with van der Waals surface area (Å²) >= 11 is 1.72. The molecule has 2 heterocycles. The average molecular weight is 231 g/mol. The minimum absolute atomic E-state index is 0.501. The SMILES string of the molecule is Cc1cc(C)c2c(c1)sc1nc(CN)cn12. The summed E-state index contributed by atoms with van der Waals surface area (Å²) in [4.78, 5) is 5.53. The summed E-state index contributed by atoms with van der Waals surface area (Å²) in [7, 11) is 0. The fourth-order valence-corrected chi connectivity index (χ4v) is 3.35. The summed E-state index contributed by atoms with van der Waals surface area (Å²) in [6.07, 6.45) is 2.04. The van der Waals surface area contributed by atoms with Gasteiger partial charge in [0.2, 0.25) is 0 Å². The van der Waals surface area contributed by atoms with Crippen LogP contribution in [0.5, 0.6) is 0 Å². The molecular formula is C12H13N3S. The van der Waals surface area contributed by atoms with Crippen molar-refractivity contribution in [2.75, 3.05) is 0 Å². The van der Waals surface area contributed by atoms with E-state index in [0.29, 0.717) is 6.54 Å². The number of nitrogens with zero attached hydrogens (tertiary/aromatic N) is 2. The van der Waals surface area contributed by atoms with E-state index in [4.69, 9.17) is 5.73 Å². The number of rotatable bonds is 1. The van der Waals surface area contributed by atoms with Gasteiger partial charge >= 0.3 is 0 Å².